The Bertz CT molecular complexity index is 452. The zero-order chi connectivity index (χ0) is 13.7. The first-order valence-electron chi connectivity index (χ1n) is 6.02. The van der Waals surface area contributed by atoms with Crippen molar-refractivity contribution in [1.82, 2.24) is 5.32 Å². The molecule has 0 aromatic heterocycles. The smallest absolute Gasteiger partial charge is 0.337 e. The van der Waals surface area contributed by atoms with Crippen molar-refractivity contribution in [2.45, 2.75) is 6.10 Å². The second-order valence-corrected chi connectivity index (χ2v) is 4.12. The van der Waals surface area contributed by atoms with Gasteiger partial charge in [-0.05, 0) is 24.3 Å². The van der Waals surface area contributed by atoms with Gasteiger partial charge in [0.1, 0.15) is 6.10 Å². The zero-order valence-electron chi connectivity index (χ0n) is 10.6. The van der Waals surface area contributed by atoms with Crippen LogP contribution in [0.1, 0.15) is 10.4 Å². The predicted octanol–water partition coefficient (Wildman–Crippen LogP) is 0.400. The lowest BCUT2D eigenvalue weighted by molar-refractivity contribution is -0.128. The third-order valence-electron chi connectivity index (χ3n) is 2.79. The molecule has 0 spiro atoms. The van der Waals surface area contributed by atoms with Crippen LogP contribution in [0.15, 0.2) is 24.3 Å². The Kier molecular flexibility index (Phi) is 4.48. The van der Waals surface area contributed by atoms with Crippen LogP contribution in [-0.2, 0) is 14.3 Å². The number of hydrogen-bond donors (Lipinski definition) is 2. The molecule has 6 heteroatoms. The van der Waals surface area contributed by atoms with Crippen molar-refractivity contribution >= 4 is 17.6 Å². The number of benzene rings is 1. The highest BCUT2D eigenvalue weighted by atomic mass is 16.5. The number of nitrogens with one attached hydrogen (secondary N) is 2. The molecule has 1 atom stereocenters. The number of methoxy groups -OCH3 is 1. The standard InChI is InChI=1S/C13H16N2O4/c1-18-13(17)9-2-4-10(5-3-9)15-12(16)11-8-14-6-7-19-11/h2-5,11,14H,6-8H2,1H3,(H,15,16). The van der Waals surface area contributed by atoms with Gasteiger partial charge in [-0.25, -0.2) is 4.79 Å². The van der Waals surface area contributed by atoms with Crippen LogP contribution in [0, 0.1) is 0 Å². The molecule has 0 saturated carbocycles. The number of hydrogen-bond acceptors (Lipinski definition) is 5. The molecule has 1 aliphatic heterocycles. The van der Waals surface area contributed by atoms with E-state index in [1.807, 2.05) is 0 Å². The molecule has 1 aromatic carbocycles. The fourth-order valence-corrected chi connectivity index (χ4v) is 1.76. The molecule has 1 aromatic rings. The van der Waals surface area contributed by atoms with Gasteiger partial charge in [0.25, 0.3) is 5.91 Å². The number of carbonyl (C=O) groups is 2. The maximum Gasteiger partial charge on any atom is 0.337 e. The van der Waals surface area contributed by atoms with E-state index in [4.69, 9.17) is 4.74 Å². The van der Waals surface area contributed by atoms with Crippen LogP contribution in [0.5, 0.6) is 0 Å². The minimum absolute atomic E-state index is 0.196. The third-order valence-corrected chi connectivity index (χ3v) is 2.79. The summed E-state index contributed by atoms with van der Waals surface area (Å²) in [5.41, 5.74) is 1.06. The lowest BCUT2D eigenvalue weighted by Crippen LogP contribution is -2.45. The summed E-state index contributed by atoms with van der Waals surface area (Å²) in [5.74, 6) is -0.601. The molecular formula is C13H16N2O4. The fraction of sp³-hybridized carbons (Fsp3) is 0.385. The number of morpholine rings is 1. The second-order valence-electron chi connectivity index (χ2n) is 4.12. The van der Waals surface area contributed by atoms with E-state index >= 15 is 0 Å². The molecule has 0 bridgehead atoms. The first-order valence-corrected chi connectivity index (χ1v) is 6.02. The maximum atomic E-state index is 11.9. The van der Waals surface area contributed by atoms with Gasteiger partial charge in [0, 0.05) is 18.8 Å². The van der Waals surface area contributed by atoms with Crippen molar-refractivity contribution in [2.75, 3.05) is 32.1 Å². The van der Waals surface area contributed by atoms with Crippen molar-refractivity contribution in [3.05, 3.63) is 29.8 Å². The minimum atomic E-state index is -0.478. The van der Waals surface area contributed by atoms with Gasteiger partial charge in [0.15, 0.2) is 0 Å². The highest BCUT2D eigenvalue weighted by molar-refractivity contribution is 5.95. The van der Waals surface area contributed by atoms with E-state index in [0.717, 1.165) is 6.54 Å². The van der Waals surface area contributed by atoms with Crippen LogP contribution in [-0.4, -0.2) is 44.8 Å². The van der Waals surface area contributed by atoms with E-state index in [-0.39, 0.29) is 5.91 Å². The molecule has 1 heterocycles. The van der Waals surface area contributed by atoms with E-state index in [1.165, 1.54) is 7.11 Å². The first kappa shape index (κ1) is 13.5. The van der Waals surface area contributed by atoms with Crippen molar-refractivity contribution in [2.24, 2.45) is 0 Å². The quantitative estimate of drug-likeness (QED) is 0.773. The van der Waals surface area contributed by atoms with Gasteiger partial charge < -0.3 is 20.1 Å². The van der Waals surface area contributed by atoms with E-state index in [0.29, 0.717) is 24.4 Å². The number of ether oxygens (including phenoxy) is 2. The van der Waals surface area contributed by atoms with Gasteiger partial charge in [-0.1, -0.05) is 0 Å². The summed E-state index contributed by atoms with van der Waals surface area (Å²) >= 11 is 0. The Morgan fingerprint density at radius 2 is 2.11 bits per heavy atom. The fourth-order valence-electron chi connectivity index (χ4n) is 1.76. The summed E-state index contributed by atoms with van der Waals surface area (Å²) in [6, 6.07) is 6.50. The normalized spacial score (nSPS) is 18.7. The SMILES string of the molecule is COC(=O)c1ccc(NC(=O)C2CNCCO2)cc1. The molecule has 102 valence electrons. The zero-order valence-corrected chi connectivity index (χ0v) is 10.6. The molecule has 0 aliphatic carbocycles. The maximum absolute atomic E-state index is 11.9. The van der Waals surface area contributed by atoms with Gasteiger partial charge in [-0.3, -0.25) is 4.79 Å². The van der Waals surface area contributed by atoms with Gasteiger partial charge in [-0.15, -0.1) is 0 Å². The topological polar surface area (TPSA) is 76.7 Å². The van der Waals surface area contributed by atoms with Crippen molar-refractivity contribution in [1.29, 1.82) is 0 Å². The van der Waals surface area contributed by atoms with Crippen LogP contribution in [0.3, 0.4) is 0 Å². The summed E-state index contributed by atoms with van der Waals surface area (Å²) < 4.78 is 9.94. The molecule has 1 unspecified atom stereocenters. The number of carbonyl (C=O) groups excluding carboxylic acids is 2. The Morgan fingerprint density at radius 3 is 2.68 bits per heavy atom. The molecule has 1 saturated heterocycles. The molecular weight excluding hydrogens is 248 g/mol. The Hall–Kier alpha value is -1.92. The van der Waals surface area contributed by atoms with Crippen molar-refractivity contribution in [3.8, 4) is 0 Å². The van der Waals surface area contributed by atoms with Crippen LogP contribution in [0.4, 0.5) is 5.69 Å². The molecule has 1 amide bonds. The number of esters is 1. The number of rotatable bonds is 3. The number of amides is 1. The lowest BCUT2D eigenvalue weighted by atomic mass is 10.2. The van der Waals surface area contributed by atoms with E-state index in [1.54, 1.807) is 24.3 Å². The minimum Gasteiger partial charge on any atom is -0.465 e. The Morgan fingerprint density at radius 1 is 1.37 bits per heavy atom. The van der Waals surface area contributed by atoms with Gasteiger partial charge in [0.2, 0.25) is 0 Å². The van der Waals surface area contributed by atoms with Crippen molar-refractivity contribution < 1.29 is 19.1 Å². The molecule has 1 aliphatic rings. The van der Waals surface area contributed by atoms with E-state index in [2.05, 4.69) is 15.4 Å². The summed E-state index contributed by atoms with van der Waals surface area (Å²) in [4.78, 5) is 23.1. The third kappa shape index (κ3) is 3.52. The molecule has 19 heavy (non-hydrogen) atoms. The van der Waals surface area contributed by atoms with Crippen molar-refractivity contribution in [3.63, 3.8) is 0 Å². The van der Waals surface area contributed by atoms with Crippen LogP contribution in [0.25, 0.3) is 0 Å². The Labute approximate surface area is 111 Å². The molecule has 2 N–H and O–H groups in total. The molecule has 0 radical (unpaired) electrons. The average molecular weight is 264 g/mol. The summed E-state index contributed by atoms with van der Waals surface area (Å²) in [7, 11) is 1.32. The lowest BCUT2D eigenvalue weighted by Gasteiger charge is -2.22. The molecule has 1 fully saturated rings. The Balaban J connectivity index is 1.95. The van der Waals surface area contributed by atoms with Gasteiger partial charge >= 0.3 is 5.97 Å². The van der Waals surface area contributed by atoms with Gasteiger partial charge in [-0.2, -0.15) is 0 Å². The molecule has 6 nitrogen and oxygen atoms in total. The second kappa shape index (κ2) is 6.31. The summed E-state index contributed by atoms with van der Waals surface area (Å²) in [5, 5.41) is 5.83. The van der Waals surface area contributed by atoms with E-state index < -0.39 is 12.1 Å². The van der Waals surface area contributed by atoms with E-state index in [9.17, 15) is 9.59 Å². The monoisotopic (exact) mass is 264 g/mol. The van der Waals surface area contributed by atoms with Crippen LogP contribution < -0.4 is 10.6 Å². The predicted molar refractivity (Wildman–Crippen MR) is 69.0 cm³/mol. The first-order chi connectivity index (χ1) is 9.20. The summed E-state index contributed by atoms with van der Waals surface area (Å²) in [6.45, 7) is 1.79. The largest absolute Gasteiger partial charge is 0.465 e. The van der Waals surface area contributed by atoms with Crippen LogP contribution in [0.2, 0.25) is 0 Å². The average Bonchev–Trinajstić information content (AvgIpc) is 2.48. The molecule has 2 rings (SSSR count). The van der Waals surface area contributed by atoms with Crippen LogP contribution >= 0.6 is 0 Å². The highest BCUT2D eigenvalue weighted by Crippen LogP contribution is 2.11. The summed E-state index contributed by atoms with van der Waals surface area (Å²) in [6.07, 6.45) is -0.478. The highest BCUT2D eigenvalue weighted by Gasteiger charge is 2.21. The van der Waals surface area contributed by atoms with Gasteiger partial charge in [0.05, 0.1) is 19.3 Å². The number of anilines is 1.